The van der Waals surface area contributed by atoms with Crippen LogP contribution in [-0.2, 0) is 4.79 Å². The SMILES string of the molecule is CC(=O)Oc1c(C(=O)c2ccc(-c3ccccc3)cc2)[nH]c2cc(Cl)ccc12. The zero-order valence-corrected chi connectivity index (χ0v) is 15.8. The van der Waals surface area contributed by atoms with Gasteiger partial charge in [-0.2, -0.15) is 0 Å². The van der Waals surface area contributed by atoms with E-state index in [9.17, 15) is 9.59 Å². The summed E-state index contributed by atoms with van der Waals surface area (Å²) in [6.45, 7) is 1.30. The number of esters is 1. The molecular weight excluding hydrogens is 374 g/mol. The van der Waals surface area contributed by atoms with E-state index in [0.717, 1.165) is 11.1 Å². The number of benzene rings is 3. The van der Waals surface area contributed by atoms with Crippen molar-refractivity contribution in [2.45, 2.75) is 6.92 Å². The number of H-pyrrole nitrogens is 1. The first kappa shape index (κ1) is 18.0. The monoisotopic (exact) mass is 389 g/mol. The number of fused-ring (bicyclic) bond motifs is 1. The Morgan fingerprint density at radius 1 is 0.893 bits per heavy atom. The number of aromatic nitrogens is 1. The number of aromatic amines is 1. The van der Waals surface area contributed by atoms with Crippen molar-refractivity contribution in [1.82, 2.24) is 4.98 Å². The number of rotatable bonds is 4. The maximum absolute atomic E-state index is 13.1. The van der Waals surface area contributed by atoms with E-state index in [-0.39, 0.29) is 17.2 Å². The van der Waals surface area contributed by atoms with Crippen LogP contribution in [0.4, 0.5) is 0 Å². The average Bonchev–Trinajstić information content (AvgIpc) is 3.05. The molecule has 3 aromatic carbocycles. The Morgan fingerprint density at radius 2 is 1.57 bits per heavy atom. The van der Waals surface area contributed by atoms with Gasteiger partial charge in [-0.1, -0.05) is 66.2 Å². The van der Waals surface area contributed by atoms with Crippen LogP contribution in [0, 0.1) is 0 Å². The second-order valence-electron chi connectivity index (χ2n) is 6.39. The van der Waals surface area contributed by atoms with Crippen LogP contribution in [0.2, 0.25) is 5.02 Å². The minimum atomic E-state index is -0.496. The Bertz CT molecular complexity index is 1180. The third kappa shape index (κ3) is 3.42. The molecule has 5 heteroatoms. The van der Waals surface area contributed by atoms with Crippen LogP contribution in [0.25, 0.3) is 22.0 Å². The summed E-state index contributed by atoms with van der Waals surface area (Å²) in [6, 6.07) is 22.3. The normalized spacial score (nSPS) is 10.8. The number of nitrogens with one attached hydrogen (secondary N) is 1. The highest BCUT2D eigenvalue weighted by atomic mass is 35.5. The number of carbonyl (C=O) groups is 2. The third-order valence-corrected chi connectivity index (χ3v) is 4.68. The van der Waals surface area contributed by atoms with Crippen LogP contribution in [0.15, 0.2) is 72.8 Å². The van der Waals surface area contributed by atoms with Gasteiger partial charge in [0.2, 0.25) is 5.78 Å². The maximum Gasteiger partial charge on any atom is 0.308 e. The lowest BCUT2D eigenvalue weighted by atomic mass is 10.0. The molecule has 0 radical (unpaired) electrons. The number of ether oxygens (including phenoxy) is 1. The van der Waals surface area contributed by atoms with Gasteiger partial charge in [-0.3, -0.25) is 9.59 Å². The zero-order chi connectivity index (χ0) is 19.7. The fourth-order valence-electron chi connectivity index (χ4n) is 3.14. The first-order chi connectivity index (χ1) is 13.5. The average molecular weight is 390 g/mol. The molecule has 0 spiro atoms. The predicted octanol–water partition coefficient (Wildman–Crippen LogP) is 5.64. The standard InChI is InChI=1S/C23H16ClNO3/c1-14(26)28-23-19-12-11-18(24)13-20(19)25-21(23)22(27)17-9-7-16(8-10-17)15-5-3-2-4-6-15/h2-13,25H,1H3. The largest absolute Gasteiger partial charge is 0.424 e. The topological polar surface area (TPSA) is 59.2 Å². The Labute approximate surface area is 166 Å². The lowest BCUT2D eigenvalue weighted by Gasteiger charge is -2.06. The lowest BCUT2D eigenvalue weighted by molar-refractivity contribution is -0.131. The molecule has 28 heavy (non-hydrogen) atoms. The van der Waals surface area contributed by atoms with Crippen LogP contribution in [0.5, 0.6) is 5.75 Å². The predicted molar refractivity (Wildman–Crippen MR) is 110 cm³/mol. The van der Waals surface area contributed by atoms with E-state index < -0.39 is 5.97 Å². The number of halogens is 1. The Kier molecular flexibility index (Phi) is 4.72. The van der Waals surface area contributed by atoms with Crippen LogP contribution >= 0.6 is 11.6 Å². The molecule has 1 heterocycles. The molecule has 0 fully saturated rings. The van der Waals surface area contributed by atoms with Gasteiger partial charge in [0.25, 0.3) is 0 Å². The molecule has 4 nitrogen and oxygen atoms in total. The molecular formula is C23H16ClNO3. The number of ketones is 1. The summed E-state index contributed by atoms with van der Waals surface area (Å²) in [5.41, 5.74) is 3.43. The highest BCUT2D eigenvalue weighted by molar-refractivity contribution is 6.31. The number of carbonyl (C=O) groups excluding carboxylic acids is 2. The summed E-state index contributed by atoms with van der Waals surface area (Å²) in [6.07, 6.45) is 0. The number of hydrogen-bond donors (Lipinski definition) is 1. The van der Waals surface area contributed by atoms with E-state index in [0.29, 0.717) is 21.5 Å². The van der Waals surface area contributed by atoms with Crippen molar-refractivity contribution < 1.29 is 14.3 Å². The first-order valence-electron chi connectivity index (χ1n) is 8.73. The fourth-order valence-corrected chi connectivity index (χ4v) is 3.31. The molecule has 0 aliphatic heterocycles. The van der Waals surface area contributed by atoms with Gasteiger partial charge >= 0.3 is 5.97 Å². The summed E-state index contributed by atoms with van der Waals surface area (Å²) in [4.78, 5) is 27.7. The molecule has 0 saturated carbocycles. The molecule has 1 aromatic heterocycles. The van der Waals surface area contributed by atoms with Gasteiger partial charge in [-0.25, -0.2) is 0 Å². The summed E-state index contributed by atoms with van der Waals surface area (Å²) in [5, 5.41) is 1.15. The number of hydrogen-bond acceptors (Lipinski definition) is 3. The van der Waals surface area contributed by atoms with Crippen molar-refractivity contribution in [3.05, 3.63) is 89.1 Å². The van der Waals surface area contributed by atoms with E-state index in [4.69, 9.17) is 16.3 Å². The fraction of sp³-hybridized carbons (Fsp3) is 0.0435. The van der Waals surface area contributed by atoms with Crippen LogP contribution in [-0.4, -0.2) is 16.7 Å². The summed E-state index contributed by atoms with van der Waals surface area (Å²) in [7, 11) is 0. The van der Waals surface area contributed by atoms with Crippen molar-refractivity contribution in [2.24, 2.45) is 0 Å². The Balaban J connectivity index is 1.75. The molecule has 1 N–H and O–H groups in total. The molecule has 4 aromatic rings. The van der Waals surface area contributed by atoms with E-state index >= 15 is 0 Å². The highest BCUT2D eigenvalue weighted by Crippen LogP contribution is 2.33. The van der Waals surface area contributed by atoms with Crippen LogP contribution in [0.3, 0.4) is 0 Å². The van der Waals surface area contributed by atoms with Crippen LogP contribution < -0.4 is 4.74 Å². The molecule has 0 saturated heterocycles. The van der Waals surface area contributed by atoms with Gasteiger partial charge in [-0.15, -0.1) is 0 Å². The second-order valence-corrected chi connectivity index (χ2v) is 6.82. The first-order valence-corrected chi connectivity index (χ1v) is 9.10. The van der Waals surface area contributed by atoms with Gasteiger partial charge < -0.3 is 9.72 Å². The van der Waals surface area contributed by atoms with Gasteiger partial charge in [0.15, 0.2) is 5.75 Å². The minimum absolute atomic E-state index is 0.219. The smallest absolute Gasteiger partial charge is 0.308 e. The summed E-state index contributed by atoms with van der Waals surface area (Å²) < 4.78 is 5.34. The Morgan fingerprint density at radius 3 is 2.25 bits per heavy atom. The second kappa shape index (κ2) is 7.33. The molecule has 0 atom stereocenters. The van der Waals surface area contributed by atoms with Gasteiger partial charge in [0, 0.05) is 22.9 Å². The van der Waals surface area contributed by atoms with E-state index in [2.05, 4.69) is 4.98 Å². The molecule has 138 valence electrons. The molecule has 0 aliphatic carbocycles. The van der Waals surface area contributed by atoms with Crippen molar-refractivity contribution in [3.63, 3.8) is 0 Å². The Hall–Kier alpha value is -3.37. The minimum Gasteiger partial charge on any atom is -0.424 e. The maximum atomic E-state index is 13.1. The van der Waals surface area contributed by atoms with Crippen molar-refractivity contribution >= 4 is 34.3 Å². The lowest BCUT2D eigenvalue weighted by Crippen LogP contribution is -2.08. The molecule has 0 aliphatic rings. The van der Waals surface area contributed by atoms with Crippen molar-refractivity contribution in [1.29, 1.82) is 0 Å². The van der Waals surface area contributed by atoms with E-state index in [1.54, 1.807) is 30.3 Å². The van der Waals surface area contributed by atoms with E-state index in [1.807, 2.05) is 42.5 Å². The van der Waals surface area contributed by atoms with Crippen molar-refractivity contribution in [2.75, 3.05) is 0 Å². The molecule has 0 unspecified atom stereocenters. The van der Waals surface area contributed by atoms with Gasteiger partial charge in [0.1, 0.15) is 5.69 Å². The van der Waals surface area contributed by atoms with Gasteiger partial charge in [-0.05, 0) is 29.3 Å². The molecule has 0 bridgehead atoms. The van der Waals surface area contributed by atoms with Gasteiger partial charge in [0.05, 0.1) is 5.52 Å². The quantitative estimate of drug-likeness (QED) is 0.362. The summed E-state index contributed by atoms with van der Waals surface area (Å²) >= 11 is 6.05. The van der Waals surface area contributed by atoms with Crippen LogP contribution in [0.1, 0.15) is 23.0 Å². The highest BCUT2D eigenvalue weighted by Gasteiger charge is 2.22. The van der Waals surface area contributed by atoms with Crippen molar-refractivity contribution in [3.8, 4) is 16.9 Å². The summed E-state index contributed by atoms with van der Waals surface area (Å²) in [5.74, 6) is -0.538. The third-order valence-electron chi connectivity index (χ3n) is 4.44. The molecule has 4 rings (SSSR count). The van der Waals surface area contributed by atoms with E-state index in [1.165, 1.54) is 6.92 Å². The molecule has 0 amide bonds. The zero-order valence-electron chi connectivity index (χ0n) is 15.0.